The average Bonchev–Trinajstić information content (AvgIpc) is 0.927. The molecule has 0 spiro atoms. The summed E-state index contributed by atoms with van der Waals surface area (Å²) in [6.07, 6.45) is 70.7. The van der Waals surface area contributed by atoms with Gasteiger partial charge in [-0.15, -0.1) is 0 Å². The number of hydrogen-bond donors (Lipinski definition) is 3. The molecule has 606 valence electrons. The zero-order valence-electron chi connectivity index (χ0n) is 66.6. The Morgan fingerprint density at radius 2 is 0.392 bits per heavy atom. The quantitative estimate of drug-likeness (QED) is 0.0222. The van der Waals surface area contributed by atoms with Crippen LogP contribution in [0.5, 0.6) is 0 Å². The van der Waals surface area contributed by atoms with Gasteiger partial charge in [0.2, 0.25) is 0 Å². The summed E-state index contributed by atoms with van der Waals surface area (Å²) in [4.78, 5) is 73.1. The van der Waals surface area contributed by atoms with Gasteiger partial charge in [0.15, 0.2) is 12.2 Å². The van der Waals surface area contributed by atoms with Gasteiger partial charge < -0.3 is 33.8 Å². The lowest BCUT2D eigenvalue weighted by Gasteiger charge is -2.21. The highest BCUT2D eigenvalue weighted by Gasteiger charge is 2.30. The molecule has 0 heterocycles. The molecule has 0 aliphatic rings. The van der Waals surface area contributed by atoms with Gasteiger partial charge in [0, 0.05) is 25.7 Å². The van der Waals surface area contributed by atoms with E-state index in [2.05, 4.69) is 27.7 Å². The lowest BCUT2D eigenvalue weighted by Crippen LogP contribution is -2.30. The van der Waals surface area contributed by atoms with E-state index in [1.54, 1.807) is 0 Å². The molecule has 0 fully saturated rings. The van der Waals surface area contributed by atoms with E-state index >= 15 is 0 Å². The summed E-state index contributed by atoms with van der Waals surface area (Å²) in [6.45, 7) is 5.04. The normalized spacial score (nSPS) is 13.8. The molecule has 0 amide bonds. The second-order valence-electron chi connectivity index (χ2n) is 29.9. The second-order valence-corrected chi connectivity index (χ2v) is 32.8. The van der Waals surface area contributed by atoms with Gasteiger partial charge in [-0.1, -0.05) is 400 Å². The molecule has 0 aliphatic heterocycles. The third-order valence-corrected chi connectivity index (χ3v) is 21.5. The summed E-state index contributed by atoms with van der Waals surface area (Å²) >= 11 is 0. The van der Waals surface area contributed by atoms with Gasteiger partial charge in [-0.05, 0) is 25.7 Å². The highest BCUT2D eigenvalue weighted by molar-refractivity contribution is 7.47. The van der Waals surface area contributed by atoms with Crippen LogP contribution in [0.15, 0.2) is 0 Å². The highest BCUT2D eigenvalue weighted by atomic mass is 31.2. The number of phosphoric acid groups is 2. The van der Waals surface area contributed by atoms with Crippen molar-refractivity contribution < 1.29 is 80.2 Å². The van der Waals surface area contributed by atoms with Crippen molar-refractivity contribution in [3.8, 4) is 0 Å². The molecule has 0 aliphatic carbocycles. The van der Waals surface area contributed by atoms with Crippen LogP contribution < -0.4 is 0 Å². The molecule has 0 rings (SSSR count). The molecule has 0 aromatic carbocycles. The lowest BCUT2D eigenvalue weighted by atomic mass is 10.0. The van der Waals surface area contributed by atoms with Crippen molar-refractivity contribution in [2.24, 2.45) is 0 Å². The molecule has 19 heteroatoms. The van der Waals surface area contributed by atoms with Crippen LogP contribution >= 0.6 is 15.6 Å². The van der Waals surface area contributed by atoms with Crippen LogP contribution in [0, 0.1) is 0 Å². The van der Waals surface area contributed by atoms with E-state index < -0.39 is 97.5 Å². The van der Waals surface area contributed by atoms with Crippen LogP contribution in [0.4, 0.5) is 0 Å². The van der Waals surface area contributed by atoms with E-state index in [9.17, 15) is 43.2 Å². The SMILES string of the molecule is CCCCCCCCCCCCCCCCCCCCCCCC(=O)O[C@H](COC(=O)CCCCCCCCCCCCCCCCCC)COP(=O)(O)OC[C@@H](O)COP(=O)(O)OC[C@@H](COC(=O)CCCCCCCCCCCCC)OC(=O)CCCCCCCCCCCCCCCC. The summed E-state index contributed by atoms with van der Waals surface area (Å²) in [5.41, 5.74) is 0. The zero-order chi connectivity index (χ0) is 74.6. The summed E-state index contributed by atoms with van der Waals surface area (Å²) in [5.74, 6) is -2.10. The number of phosphoric ester groups is 2. The maximum atomic E-state index is 13.1. The van der Waals surface area contributed by atoms with E-state index in [1.165, 1.54) is 283 Å². The van der Waals surface area contributed by atoms with Gasteiger partial charge >= 0.3 is 39.5 Å². The minimum Gasteiger partial charge on any atom is -0.462 e. The third kappa shape index (κ3) is 76.3. The van der Waals surface area contributed by atoms with Crippen molar-refractivity contribution in [3.63, 3.8) is 0 Å². The Morgan fingerprint density at radius 3 is 0.578 bits per heavy atom. The fourth-order valence-corrected chi connectivity index (χ4v) is 14.6. The van der Waals surface area contributed by atoms with Gasteiger partial charge in [-0.2, -0.15) is 0 Å². The molecule has 0 aromatic rings. The van der Waals surface area contributed by atoms with Gasteiger partial charge in [0.1, 0.15) is 19.3 Å². The van der Waals surface area contributed by atoms with Crippen molar-refractivity contribution in [1.29, 1.82) is 0 Å². The first-order valence-corrected chi connectivity index (χ1v) is 46.3. The second kappa shape index (κ2) is 77.2. The molecule has 102 heavy (non-hydrogen) atoms. The highest BCUT2D eigenvalue weighted by Crippen LogP contribution is 2.45. The average molecular weight is 1490 g/mol. The predicted molar refractivity (Wildman–Crippen MR) is 419 cm³/mol. The van der Waals surface area contributed by atoms with Gasteiger partial charge in [-0.3, -0.25) is 37.3 Å². The Hall–Kier alpha value is -1.94. The zero-order valence-corrected chi connectivity index (χ0v) is 68.4. The Balaban J connectivity index is 5.22. The molecular formula is C83H162O17P2. The largest absolute Gasteiger partial charge is 0.472 e. The van der Waals surface area contributed by atoms with Crippen molar-refractivity contribution in [3.05, 3.63) is 0 Å². The van der Waals surface area contributed by atoms with E-state index in [0.29, 0.717) is 25.7 Å². The van der Waals surface area contributed by atoms with Gasteiger partial charge in [-0.25, -0.2) is 9.13 Å². The van der Waals surface area contributed by atoms with E-state index in [-0.39, 0.29) is 25.7 Å². The molecule has 0 radical (unpaired) electrons. The lowest BCUT2D eigenvalue weighted by molar-refractivity contribution is -0.161. The Labute approximate surface area is 626 Å². The van der Waals surface area contributed by atoms with Crippen molar-refractivity contribution in [2.75, 3.05) is 39.6 Å². The van der Waals surface area contributed by atoms with E-state index in [0.717, 1.165) is 89.9 Å². The number of aliphatic hydroxyl groups is 1. The molecule has 0 aromatic heterocycles. The first kappa shape index (κ1) is 100. The van der Waals surface area contributed by atoms with Crippen LogP contribution in [-0.4, -0.2) is 96.7 Å². The van der Waals surface area contributed by atoms with Gasteiger partial charge in [0.25, 0.3) is 0 Å². The number of esters is 4. The number of carbonyl (C=O) groups is 4. The Bertz CT molecular complexity index is 1930. The van der Waals surface area contributed by atoms with Crippen LogP contribution in [0.1, 0.15) is 451 Å². The number of aliphatic hydroxyl groups excluding tert-OH is 1. The fourth-order valence-electron chi connectivity index (χ4n) is 13.0. The number of unbranched alkanes of at least 4 members (excludes halogenated alkanes) is 58. The number of ether oxygens (including phenoxy) is 4. The topological polar surface area (TPSA) is 237 Å². The minimum absolute atomic E-state index is 0.109. The molecule has 0 saturated heterocycles. The minimum atomic E-state index is -4.96. The fraction of sp³-hybridized carbons (Fsp3) is 0.952. The smallest absolute Gasteiger partial charge is 0.462 e. The molecule has 0 saturated carbocycles. The standard InChI is InChI=1S/C83H162O17P2/c1-5-9-13-17-21-25-29-32-35-37-38-39-40-41-43-46-50-54-58-62-66-70-83(88)100-79(74-94-81(86)68-64-60-56-52-48-45-42-36-33-30-26-22-18-14-10-6-2)76-98-102(91,92)96-72-77(84)71-95-101(89,90)97-75-78(73-93-80(85)67-63-59-55-51-47-28-24-20-16-12-8-4)99-82(87)69-65-61-57-53-49-44-34-31-27-23-19-15-11-7-3/h77-79,84H,5-76H2,1-4H3,(H,89,90)(H,91,92)/t77-,78+,79+/m0/s1. The van der Waals surface area contributed by atoms with Crippen LogP contribution in [0.2, 0.25) is 0 Å². The summed E-state index contributed by atoms with van der Waals surface area (Å²) in [6, 6.07) is 0. The third-order valence-electron chi connectivity index (χ3n) is 19.6. The first-order chi connectivity index (χ1) is 49.7. The van der Waals surface area contributed by atoms with E-state index in [4.69, 9.17) is 37.0 Å². The molecule has 0 bridgehead atoms. The van der Waals surface area contributed by atoms with E-state index in [1.807, 2.05) is 0 Å². The Kier molecular flexibility index (Phi) is 75.8. The summed E-state index contributed by atoms with van der Waals surface area (Å²) in [7, 11) is -9.92. The van der Waals surface area contributed by atoms with Crippen molar-refractivity contribution >= 4 is 39.5 Å². The number of hydrogen-bond acceptors (Lipinski definition) is 15. The van der Waals surface area contributed by atoms with Gasteiger partial charge in [0.05, 0.1) is 26.4 Å². The van der Waals surface area contributed by atoms with Crippen molar-refractivity contribution in [2.45, 2.75) is 470 Å². The van der Waals surface area contributed by atoms with Crippen LogP contribution in [0.3, 0.4) is 0 Å². The first-order valence-electron chi connectivity index (χ1n) is 43.3. The molecule has 2 unspecified atom stereocenters. The number of carbonyl (C=O) groups excluding carboxylic acids is 4. The number of rotatable bonds is 84. The molecule has 5 atom stereocenters. The maximum absolute atomic E-state index is 13.1. The molecule has 3 N–H and O–H groups in total. The predicted octanol–water partition coefficient (Wildman–Crippen LogP) is 25.4. The van der Waals surface area contributed by atoms with Crippen LogP contribution in [0.25, 0.3) is 0 Å². The van der Waals surface area contributed by atoms with Crippen molar-refractivity contribution in [1.82, 2.24) is 0 Å². The molecular weight excluding hydrogens is 1330 g/mol. The van der Waals surface area contributed by atoms with Crippen LogP contribution in [-0.2, 0) is 65.4 Å². The summed E-state index contributed by atoms with van der Waals surface area (Å²) in [5, 5.41) is 10.7. The maximum Gasteiger partial charge on any atom is 0.472 e. The monoisotopic (exact) mass is 1490 g/mol. The summed E-state index contributed by atoms with van der Waals surface area (Å²) < 4.78 is 68.8. The Morgan fingerprint density at radius 1 is 0.235 bits per heavy atom. The molecule has 17 nitrogen and oxygen atoms in total.